The van der Waals surface area contributed by atoms with Crippen LogP contribution in [0.2, 0.25) is 0 Å². The number of ether oxygens (including phenoxy) is 1. The number of nitrogens with zero attached hydrogens (tertiary/aromatic N) is 3. The van der Waals surface area contributed by atoms with Crippen molar-refractivity contribution in [2.45, 2.75) is 30.2 Å². The molecule has 8 nitrogen and oxygen atoms in total. The van der Waals surface area contributed by atoms with Gasteiger partial charge in [0.05, 0.1) is 19.2 Å². The molecule has 0 unspecified atom stereocenters. The molecule has 3 atom stereocenters. The van der Waals surface area contributed by atoms with Crippen molar-refractivity contribution in [2.24, 2.45) is 5.92 Å². The summed E-state index contributed by atoms with van der Waals surface area (Å²) in [5, 5.41) is 11.4. The standard InChI is InChI=1S/C19H24BrN3O5S2/c1-12-9-23(13(2)11-24)19(25)15-7-14(20)8-21-18(15)28-16(12)10-22(3)30(26,27)17-5-4-6-29-17/h4-8,12-13,16,24H,9-11H2,1-3H3/t12-,13+,16-/m0/s1. The highest BCUT2D eigenvalue weighted by Crippen LogP contribution is 2.29. The van der Waals surface area contributed by atoms with Gasteiger partial charge in [0.15, 0.2) is 0 Å². The van der Waals surface area contributed by atoms with Crippen molar-refractivity contribution in [1.29, 1.82) is 0 Å². The van der Waals surface area contributed by atoms with Crippen molar-refractivity contribution in [2.75, 3.05) is 26.7 Å². The molecule has 3 heterocycles. The molecule has 30 heavy (non-hydrogen) atoms. The summed E-state index contributed by atoms with van der Waals surface area (Å²) >= 11 is 4.49. The minimum atomic E-state index is -3.65. The van der Waals surface area contributed by atoms with E-state index < -0.39 is 22.2 Å². The molecule has 2 aromatic rings. The first kappa shape index (κ1) is 23.1. The monoisotopic (exact) mass is 517 g/mol. The summed E-state index contributed by atoms with van der Waals surface area (Å²) in [5.74, 6) is -0.343. The third-order valence-electron chi connectivity index (χ3n) is 5.08. The third-order valence-corrected chi connectivity index (χ3v) is 8.71. The van der Waals surface area contributed by atoms with Crippen LogP contribution in [0.3, 0.4) is 0 Å². The molecule has 0 fully saturated rings. The number of likely N-dealkylation sites (N-methyl/N-ethyl adjacent to an activating group) is 1. The second kappa shape index (κ2) is 9.31. The molecule has 1 aliphatic heterocycles. The Balaban J connectivity index is 1.95. The Labute approximate surface area is 188 Å². The molecule has 0 saturated carbocycles. The van der Waals surface area contributed by atoms with E-state index in [9.17, 15) is 18.3 Å². The molecule has 2 aromatic heterocycles. The summed E-state index contributed by atoms with van der Waals surface area (Å²) in [5.41, 5.74) is 0.269. The average Bonchev–Trinajstić information content (AvgIpc) is 3.26. The fraction of sp³-hybridized carbons (Fsp3) is 0.474. The number of rotatable bonds is 6. The topological polar surface area (TPSA) is 100 Å². The summed E-state index contributed by atoms with van der Waals surface area (Å²) in [6.45, 7) is 3.87. The van der Waals surface area contributed by atoms with Crippen molar-refractivity contribution in [3.05, 3.63) is 39.8 Å². The van der Waals surface area contributed by atoms with Crippen molar-refractivity contribution >= 4 is 43.2 Å². The van der Waals surface area contributed by atoms with Gasteiger partial charge in [0.1, 0.15) is 15.9 Å². The second-order valence-electron chi connectivity index (χ2n) is 7.35. The molecule has 3 rings (SSSR count). The molecule has 1 amide bonds. The number of aliphatic hydroxyl groups is 1. The molecule has 164 valence electrons. The number of pyridine rings is 1. The summed E-state index contributed by atoms with van der Waals surface area (Å²) in [4.78, 5) is 18.9. The van der Waals surface area contributed by atoms with E-state index in [-0.39, 0.29) is 40.6 Å². The third kappa shape index (κ3) is 4.70. The van der Waals surface area contributed by atoms with Gasteiger partial charge >= 0.3 is 0 Å². The average molecular weight is 518 g/mol. The van der Waals surface area contributed by atoms with Crippen LogP contribution in [-0.2, 0) is 10.0 Å². The quantitative estimate of drug-likeness (QED) is 0.631. The number of aromatic nitrogens is 1. The summed E-state index contributed by atoms with van der Waals surface area (Å²) < 4.78 is 33.9. The van der Waals surface area contributed by atoms with Crippen molar-refractivity contribution in [1.82, 2.24) is 14.2 Å². The minimum Gasteiger partial charge on any atom is -0.472 e. The smallest absolute Gasteiger partial charge is 0.259 e. The van der Waals surface area contributed by atoms with Crippen LogP contribution in [0, 0.1) is 5.92 Å². The number of hydrogen-bond acceptors (Lipinski definition) is 7. The predicted octanol–water partition coefficient (Wildman–Crippen LogP) is 2.45. The van der Waals surface area contributed by atoms with Crippen LogP contribution in [0.4, 0.5) is 0 Å². The maximum absolute atomic E-state index is 13.1. The zero-order chi connectivity index (χ0) is 22.1. The molecule has 1 N–H and O–H groups in total. The summed E-state index contributed by atoms with van der Waals surface area (Å²) in [7, 11) is -2.13. The fourth-order valence-corrected chi connectivity index (χ4v) is 5.93. The van der Waals surface area contributed by atoms with Crippen molar-refractivity contribution < 1.29 is 23.1 Å². The highest BCUT2D eigenvalue weighted by atomic mass is 79.9. The maximum Gasteiger partial charge on any atom is 0.259 e. The van der Waals surface area contributed by atoms with E-state index in [2.05, 4.69) is 20.9 Å². The molecule has 0 spiro atoms. The Morgan fingerprint density at radius 2 is 2.23 bits per heavy atom. The van der Waals surface area contributed by atoms with Gasteiger partial charge in [0.25, 0.3) is 15.9 Å². The Bertz CT molecular complexity index is 1000. The summed E-state index contributed by atoms with van der Waals surface area (Å²) in [6, 6.07) is 4.48. The van der Waals surface area contributed by atoms with E-state index in [1.54, 1.807) is 35.4 Å². The van der Waals surface area contributed by atoms with Gasteiger partial charge in [-0.25, -0.2) is 13.4 Å². The van der Waals surface area contributed by atoms with Crippen LogP contribution in [0.1, 0.15) is 24.2 Å². The number of amides is 1. The van der Waals surface area contributed by atoms with Gasteiger partial charge in [-0.3, -0.25) is 4.79 Å². The number of aliphatic hydroxyl groups excluding tert-OH is 1. The summed E-state index contributed by atoms with van der Waals surface area (Å²) in [6.07, 6.45) is 0.986. The van der Waals surface area contributed by atoms with Gasteiger partial charge < -0.3 is 14.7 Å². The van der Waals surface area contributed by atoms with Gasteiger partial charge in [-0.2, -0.15) is 4.31 Å². The first-order valence-electron chi connectivity index (χ1n) is 9.39. The molecule has 0 aliphatic carbocycles. The largest absolute Gasteiger partial charge is 0.472 e. The second-order valence-corrected chi connectivity index (χ2v) is 11.5. The normalized spacial score (nSPS) is 21.0. The molecular formula is C19H24BrN3O5S2. The number of thiophene rings is 1. The Hall–Kier alpha value is -1.53. The lowest BCUT2D eigenvalue weighted by atomic mass is 10.0. The van der Waals surface area contributed by atoms with E-state index in [1.165, 1.54) is 17.5 Å². The van der Waals surface area contributed by atoms with Crippen molar-refractivity contribution in [3.8, 4) is 5.88 Å². The van der Waals surface area contributed by atoms with Crippen LogP contribution in [0.5, 0.6) is 5.88 Å². The minimum absolute atomic E-state index is 0.0914. The molecule has 0 saturated heterocycles. The van der Waals surface area contributed by atoms with Gasteiger partial charge in [0, 0.05) is 30.2 Å². The Morgan fingerprint density at radius 1 is 1.50 bits per heavy atom. The maximum atomic E-state index is 13.1. The van der Waals surface area contributed by atoms with Gasteiger partial charge in [-0.15, -0.1) is 11.3 Å². The highest BCUT2D eigenvalue weighted by Gasteiger charge is 2.36. The van der Waals surface area contributed by atoms with E-state index >= 15 is 0 Å². The number of hydrogen-bond donors (Lipinski definition) is 1. The number of carbonyl (C=O) groups excluding carboxylic acids is 1. The van der Waals surface area contributed by atoms with Gasteiger partial charge in [-0.1, -0.05) is 13.0 Å². The zero-order valence-corrected chi connectivity index (χ0v) is 20.1. The van der Waals surface area contributed by atoms with E-state index in [1.807, 2.05) is 6.92 Å². The number of halogens is 1. The lowest BCUT2D eigenvalue weighted by Crippen LogP contribution is -2.50. The highest BCUT2D eigenvalue weighted by molar-refractivity contribution is 9.10. The Kier molecular flexibility index (Phi) is 7.18. The lowest BCUT2D eigenvalue weighted by Gasteiger charge is -2.37. The SMILES string of the molecule is C[C@H](CO)N1C[C@H](C)[C@H](CN(C)S(=O)(=O)c2cccs2)Oc2ncc(Br)cc2C1=O. The number of sulfonamides is 1. The zero-order valence-electron chi connectivity index (χ0n) is 16.9. The first-order chi connectivity index (χ1) is 14.1. The number of carbonyl (C=O) groups is 1. The van der Waals surface area contributed by atoms with Crippen LogP contribution >= 0.6 is 27.3 Å². The predicted molar refractivity (Wildman–Crippen MR) is 117 cm³/mol. The van der Waals surface area contributed by atoms with Crippen LogP contribution in [0.15, 0.2) is 38.5 Å². The van der Waals surface area contributed by atoms with Gasteiger partial charge in [0.2, 0.25) is 5.88 Å². The van der Waals surface area contributed by atoms with E-state index in [0.717, 1.165) is 11.3 Å². The molecule has 0 bridgehead atoms. The first-order valence-corrected chi connectivity index (χ1v) is 12.5. The van der Waals surface area contributed by atoms with E-state index in [4.69, 9.17) is 4.74 Å². The molecule has 0 aromatic carbocycles. The van der Waals surface area contributed by atoms with Crippen LogP contribution in [-0.4, -0.2) is 72.5 Å². The Morgan fingerprint density at radius 3 is 2.87 bits per heavy atom. The van der Waals surface area contributed by atoms with Gasteiger partial charge in [-0.05, 0) is 40.4 Å². The molecule has 0 radical (unpaired) electrons. The van der Waals surface area contributed by atoms with Crippen LogP contribution < -0.4 is 4.74 Å². The lowest BCUT2D eigenvalue weighted by molar-refractivity contribution is 0.0373. The van der Waals surface area contributed by atoms with E-state index in [0.29, 0.717) is 11.0 Å². The van der Waals surface area contributed by atoms with Crippen molar-refractivity contribution in [3.63, 3.8) is 0 Å². The number of fused-ring (bicyclic) bond motifs is 1. The molecule has 1 aliphatic rings. The fourth-order valence-electron chi connectivity index (χ4n) is 3.21. The van der Waals surface area contributed by atoms with Crippen LogP contribution in [0.25, 0.3) is 0 Å². The molecular weight excluding hydrogens is 494 g/mol. The molecule has 11 heteroatoms.